The second-order valence-corrected chi connectivity index (χ2v) is 7.59. The van der Waals surface area contributed by atoms with Gasteiger partial charge in [0.2, 0.25) is 0 Å². The highest BCUT2D eigenvalue weighted by atomic mass is 16.5. The Hall–Kier alpha value is -1.81. The topological polar surface area (TPSA) is 48.7 Å². The fourth-order valence-electron chi connectivity index (χ4n) is 3.57. The molecule has 2 aliphatic carbocycles. The number of furan rings is 1. The van der Waals surface area contributed by atoms with Crippen LogP contribution in [0.2, 0.25) is 0 Å². The van der Waals surface area contributed by atoms with E-state index in [1.165, 1.54) is 12.8 Å². The first-order chi connectivity index (χ1) is 12.2. The molecule has 2 saturated carbocycles. The van der Waals surface area contributed by atoms with Gasteiger partial charge in [-0.05, 0) is 69.6 Å². The summed E-state index contributed by atoms with van der Waals surface area (Å²) in [6.45, 7) is 2.63. The first-order valence-electron chi connectivity index (χ1n) is 9.44. The fourth-order valence-corrected chi connectivity index (χ4v) is 3.57. The van der Waals surface area contributed by atoms with E-state index in [1.807, 2.05) is 12.1 Å². The summed E-state index contributed by atoms with van der Waals surface area (Å²) >= 11 is 0. The normalized spacial score (nSPS) is 23.7. The van der Waals surface area contributed by atoms with E-state index in [0.717, 1.165) is 60.7 Å². The number of ether oxygens (including phenoxy) is 2. The van der Waals surface area contributed by atoms with Gasteiger partial charge >= 0.3 is 0 Å². The van der Waals surface area contributed by atoms with Gasteiger partial charge < -0.3 is 13.9 Å². The molecule has 0 amide bonds. The zero-order valence-electron chi connectivity index (χ0n) is 14.8. The molecule has 0 unspecified atom stereocenters. The fraction of sp³-hybridized carbons (Fsp3) is 0.571. The average molecular weight is 342 g/mol. The molecule has 1 aromatic heterocycles. The van der Waals surface area contributed by atoms with Crippen molar-refractivity contribution in [2.24, 2.45) is 5.92 Å². The van der Waals surface area contributed by atoms with Crippen LogP contribution in [-0.4, -0.2) is 25.1 Å². The predicted octanol–water partition coefficient (Wildman–Crippen LogP) is 4.85. The van der Waals surface area contributed by atoms with Crippen molar-refractivity contribution < 1.29 is 18.7 Å². The molecule has 134 valence electrons. The van der Waals surface area contributed by atoms with Crippen LogP contribution >= 0.6 is 0 Å². The van der Waals surface area contributed by atoms with Gasteiger partial charge in [0.1, 0.15) is 23.7 Å². The number of carbonyl (C=O) groups is 1. The second kappa shape index (κ2) is 7.20. The number of ketones is 1. The summed E-state index contributed by atoms with van der Waals surface area (Å²) in [5.41, 5.74) is 0.915. The molecule has 0 bridgehead atoms. The third kappa shape index (κ3) is 4.24. The lowest BCUT2D eigenvalue weighted by molar-refractivity contribution is -0.124. The van der Waals surface area contributed by atoms with E-state index in [1.54, 1.807) is 6.92 Å². The van der Waals surface area contributed by atoms with E-state index in [-0.39, 0.29) is 18.5 Å². The molecule has 1 aromatic carbocycles. The van der Waals surface area contributed by atoms with E-state index in [4.69, 9.17) is 13.9 Å². The van der Waals surface area contributed by atoms with Gasteiger partial charge in [-0.2, -0.15) is 0 Å². The standard InChI is InChI=1S/C21H26O4/c1-14(22)12-23-18-7-4-16(5-8-18)20-10-17-6-9-19(11-21(17)25-20)24-13-15-2-3-15/h6,9-11,15-16,18H,2-5,7-8,12-13H2,1H3. The molecule has 0 saturated heterocycles. The van der Waals surface area contributed by atoms with Crippen LogP contribution in [0, 0.1) is 5.92 Å². The van der Waals surface area contributed by atoms with Crippen LogP contribution in [0.3, 0.4) is 0 Å². The number of fused-ring (bicyclic) bond motifs is 1. The van der Waals surface area contributed by atoms with Gasteiger partial charge in [0.15, 0.2) is 5.78 Å². The van der Waals surface area contributed by atoms with Crippen LogP contribution < -0.4 is 4.74 Å². The lowest BCUT2D eigenvalue weighted by Crippen LogP contribution is -2.22. The number of Topliss-reactive ketones (excluding diaryl/α,β-unsaturated/α-hetero) is 1. The summed E-state index contributed by atoms with van der Waals surface area (Å²) in [5.74, 6) is 3.27. The van der Waals surface area contributed by atoms with E-state index in [2.05, 4.69) is 12.1 Å². The molecule has 1 heterocycles. The van der Waals surface area contributed by atoms with E-state index in [9.17, 15) is 4.79 Å². The zero-order chi connectivity index (χ0) is 17.2. The van der Waals surface area contributed by atoms with Gasteiger partial charge in [-0.25, -0.2) is 0 Å². The van der Waals surface area contributed by atoms with Gasteiger partial charge in [-0.15, -0.1) is 0 Å². The van der Waals surface area contributed by atoms with E-state index < -0.39 is 0 Å². The molecule has 2 aliphatic rings. The summed E-state index contributed by atoms with van der Waals surface area (Å²) in [6.07, 6.45) is 6.89. The minimum absolute atomic E-state index is 0.0964. The minimum Gasteiger partial charge on any atom is -0.493 e. The molecule has 25 heavy (non-hydrogen) atoms. The second-order valence-electron chi connectivity index (χ2n) is 7.59. The first-order valence-corrected chi connectivity index (χ1v) is 9.44. The summed E-state index contributed by atoms with van der Waals surface area (Å²) in [4.78, 5) is 11.0. The summed E-state index contributed by atoms with van der Waals surface area (Å²) < 4.78 is 17.6. The maximum absolute atomic E-state index is 11.0. The van der Waals surface area contributed by atoms with Crippen LogP contribution in [0.25, 0.3) is 11.0 Å². The van der Waals surface area contributed by atoms with Crippen LogP contribution in [0.5, 0.6) is 5.75 Å². The highest BCUT2D eigenvalue weighted by molar-refractivity contribution is 5.79. The maximum Gasteiger partial charge on any atom is 0.155 e. The molecule has 2 fully saturated rings. The van der Waals surface area contributed by atoms with E-state index >= 15 is 0 Å². The van der Waals surface area contributed by atoms with Gasteiger partial charge in [0, 0.05) is 17.4 Å². The highest BCUT2D eigenvalue weighted by Crippen LogP contribution is 2.37. The lowest BCUT2D eigenvalue weighted by atomic mass is 9.86. The van der Waals surface area contributed by atoms with Crippen LogP contribution in [-0.2, 0) is 9.53 Å². The molecule has 0 aliphatic heterocycles. The van der Waals surface area contributed by atoms with Crippen molar-refractivity contribution in [2.45, 2.75) is 57.5 Å². The Labute approximate surface area is 148 Å². The van der Waals surface area contributed by atoms with Crippen LogP contribution in [0.15, 0.2) is 28.7 Å². The van der Waals surface area contributed by atoms with Gasteiger partial charge in [0.05, 0.1) is 12.7 Å². The Balaban J connectivity index is 1.37. The Bertz CT molecular complexity index is 735. The molecule has 2 aromatic rings. The van der Waals surface area contributed by atoms with Crippen molar-refractivity contribution in [1.82, 2.24) is 0 Å². The summed E-state index contributed by atoms with van der Waals surface area (Å²) in [7, 11) is 0. The molecular formula is C21H26O4. The van der Waals surface area contributed by atoms with Crippen molar-refractivity contribution in [3.05, 3.63) is 30.0 Å². The van der Waals surface area contributed by atoms with Gasteiger partial charge in [0.25, 0.3) is 0 Å². The quantitative estimate of drug-likeness (QED) is 0.721. The van der Waals surface area contributed by atoms with Crippen molar-refractivity contribution >= 4 is 16.8 Å². The number of benzene rings is 1. The monoisotopic (exact) mass is 342 g/mol. The Morgan fingerprint density at radius 2 is 1.92 bits per heavy atom. The van der Waals surface area contributed by atoms with Crippen molar-refractivity contribution in [2.75, 3.05) is 13.2 Å². The number of hydrogen-bond donors (Lipinski definition) is 0. The van der Waals surface area contributed by atoms with Crippen molar-refractivity contribution in [1.29, 1.82) is 0 Å². The molecule has 0 radical (unpaired) electrons. The highest BCUT2D eigenvalue weighted by Gasteiger charge is 2.26. The Morgan fingerprint density at radius 3 is 2.64 bits per heavy atom. The van der Waals surface area contributed by atoms with E-state index in [0.29, 0.717) is 5.92 Å². The molecular weight excluding hydrogens is 316 g/mol. The third-order valence-electron chi connectivity index (χ3n) is 5.29. The Kier molecular flexibility index (Phi) is 4.80. The number of rotatable bonds is 7. The Morgan fingerprint density at radius 1 is 1.12 bits per heavy atom. The zero-order valence-corrected chi connectivity index (χ0v) is 14.8. The van der Waals surface area contributed by atoms with Crippen molar-refractivity contribution in [3.8, 4) is 5.75 Å². The largest absolute Gasteiger partial charge is 0.493 e. The maximum atomic E-state index is 11.0. The smallest absolute Gasteiger partial charge is 0.155 e. The van der Waals surface area contributed by atoms with Crippen LogP contribution in [0.4, 0.5) is 0 Å². The average Bonchev–Trinajstić information content (AvgIpc) is 3.35. The lowest BCUT2D eigenvalue weighted by Gasteiger charge is -2.27. The first kappa shape index (κ1) is 16.6. The molecule has 4 heteroatoms. The molecule has 0 N–H and O–H groups in total. The molecule has 0 spiro atoms. The van der Waals surface area contributed by atoms with Crippen molar-refractivity contribution in [3.63, 3.8) is 0 Å². The SMILES string of the molecule is CC(=O)COC1CCC(c2cc3ccc(OCC4CC4)cc3o2)CC1. The minimum atomic E-state index is 0.0964. The summed E-state index contributed by atoms with van der Waals surface area (Å²) in [6, 6.07) is 8.31. The van der Waals surface area contributed by atoms with Gasteiger partial charge in [-0.3, -0.25) is 4.79 Å². The predicted molar refractivity (Wildman–Crippen MR) is 96.1 cm³/mol. The number of carbonyl (C=O) groups excluding carboxylic acids is 1. The number of hydrogen-bond acceptors (Lipinski definition) is 4. The molecule has 4 rings (SSSR count). The molecule has 0 atom stereocenters. The van der Waals surface area contributed by atoms with Gasteiger partial charge in [-0.1, -0.05) is 0 Å². The third-order valence-corrected chi connectivity index (χ3v) is 5.29. The summed E-state index contributed by atoms with van der Waals surface area (Å²) in [5, 5.41) is 1.14. The van der Waals surface area contributed by atoms with Crippen LogP contribution in [0.1, 0.15) is 57.1 Å². The molecule has 4 nitrogen and oxygen atoms in total.